The monoisotopic (exact) mass is 225 g/mol. The molecule has 82 valence electrons. The Balaban J connectivity index is 2.06. The smallest absolute Gasteiger partial charge is 0.326 e. The number of hydrogen-bond acceptors (Lipinski definition) is 3. The molecule has 1 aliphatic heterocycles. The highest BCUT2D eigenvalue weighted by Gasteiger charge is 2.36. The van der Waals surface area contributed by atoms with Crippen molar-refractivity contribution in [2.75, 3.05) is 13.1 Å². The van der Waals surface area contributed by atoms with Crippen molar-refractivity contribution in [2.45, 2.75) is 19.4 Å². The summed E-state index contributed by atoms with van der Waals surface area (Å²) >= 11 is 1.52. The van der Waals surface area contributed by atoms with Gasteiger partial charge in [0, 0.05) is 18.0 Å². The average molecular weight is 225 g/mol. The van der Waals surface area contributed by atoms with Crippen molar-refractivity contribution in [1.29, 1.82) is 0 Å². The number of rotatable bonds is 4. The van der Waals surface area contributed by atoms with Gasteiger partial charge in [-0.05, 0) is 17.4 Å². The predicted octanol–water partition coefficient (Wildman–Crippen LogP) is 2.22. The van der Waals surface area contributed by atoms with Crippen LogP contribution in [0.25, 0.3) is 0 Å². The molecule has 1 fully saturated rings. The van der Waals surface area contributed by atoms with E-state index in [9.17, 15) is 9.90 Å². The fourth-order valence-electron chi connectivity index (χ4n) is 1.98. The number of thiophene rings is 1. The number of carboxylic acid groups (broad SMARTS) is 1. The van der Waals surface area contributed by atoms with Crippen molar-refractivity contribution in [1.82, 2.24) is 4.90 Å². The van der Waals surface area contributed by atoms with Gasteiger partial charge < -0.3 is 5.11 Å². The van der Waals surface area contributed by atoms with Crippen LogP contribution in [0.3, 0.4) is 0 Å². The van der Waals surface area contributed by atoms with Crippen LogP contribution in [0.4, 0.5) is 0 Å². The molecule has 0 saturated carbocycles. The Morgan fingerprint density at radius 2 is 2.47 bits per heavy atom. The van der Waals surface area contributed by atoms with Crippen LogP contribution in [0.15, 0.2) is 17.5 Å². The average Bonchev–Trinajstić information content (AvgIpc) is 2.61. The lowest BCUT2D eigenvalue weighted by Crippen LogP contribution is -2.50. The molecule has 15 heavy (non-hydrogen) atoms. The second kappa shape index (κ2) is 4.33. The summed E-state index contributed by atoms with van der Waals surface area (Å²) in [6.45, 7) is 4.00. The zero-order valence-electron chi connectivity index (χ0n) is 8.72. The Bertz CT molecular complexity index is 330. The molecule has 0 radical (unpaired) electrons. The zero-order chi connectivity index (χ0) is 10.8. The van der Waals surface area contributed by atoms with Gasteiger partial charge in [-0.2, -0.15) is 0 Å². The van der Waals surface area contributed by atoms with E-state index in [2.05, 4.69) is 6.92 Å². The third-order valence-corrected chi connectivity index (χ3v) is 3.90. The SMILES string of the molecule is CCC1CN(C(C(=O)O)c2cccs2)C1. The molecule has 0 spiro atoms. The van der Waals surface area contributed by atoms with Crippen LogP contribution in [0.5, 0.6) is 0 Å². The van der Waals surface area contributed by atoms with Crippen LogP contribution >= 0.6 is 11.3 Å². The van der Waals surface area contributed by atoms with Gasteiger partial charge in [0.1, 0.15) is 6.04 Å². The molecule has 2 rings (SSSR count). The Morgan fingerprint density at radius 3 is 2.93 bits per heavy atom. The van der Waals surface area contributed by atoms with Gasteiger partial charge in [-0.3, -0.25) is 9.69 Å². The number of hydrogen-bond donors (Lipinski definition) is 1. The highest BCUT2D eigenvalue weighted by Crippen LogP contribution is 2.32. The van der Waals surface area contributed by atoms with Gasteiger partial charge in [0.25, 0.3) is 0 Å². The van der Waals surface area contributed by atoms with E-state index in [0.29, 0.717) is 5.92 Å². The fraction of sp³-hybridized carbons (Fsp3) is 0.545. The molecule has 1 unspecified atom stereocenters. The summed E-state index contributed by atoms with van der Waals surface area (Å²) in [4.78, 5) is 14.2. The summed E-state index contributed by atoms with van der Waals surface area (Å²) in [6, 6.07) is 3.39. The molecule has 1 N–H and O–H groups in total. The summed E-state index contributed by atoms with van der Waals surface area (Å²) in [5, 5.41) is 11.1. The number of nitrogens with zero attached hydrogens (tertiary/aromatic N) is 1. The first-order valence-electron chi connectivity index (χ1n) is 5.22. The van der Waals surface area contributed by atoms with E-state index >= 15 is 0 Å². The van der Waals surface area contributed by atoms with Crippen molar-refractivity contribution in [3.8, 4) is 0 Å². The maximum Gasteiger partial charge on any atom is 0.326 e. The van der Waals surface area contributed by atoms with Gasteiger partial charge in [-0.1, -0.05) is 19.4 Å². The van der Waals surface area contributed by atoms with Crippen molar-refractivity contribution >= 4 is 17.3 Å². The van der Waals surface area contributed by atoms with E-state index in [4.69, 9.17) is 0 Å². The Kier molecular flexibility index (Phi) is 3.07. The number of likely N-dealkylation sites (tertiary alicyclic amines) is 1. The molecule has 3 nitrogen and oxygen atoms in total. The second-order valence-corrected chi connectivity index (χ2v) is 4.96. The molecule has 1 atom stereocenters. The first kappa shape index (κ1) is 10.6. The van der Waals surface area contributed by atoms with Crippen molar-refractivity contribution in [2.24, 2.45) is 5.92 Å². The van der Waals surface area contributed by atoms with Crippen molar-refractivity contribution < 1.29 is 9.90 Å². The minimum Gasteiger partial charge on any atom is -0.480 e. The Morgan fingerprint density at radius 1 is 1.73 bits per heavy atom. The summed E-state index contributed by atoms with van der Waals surface area (Å²) in [6.07, 6.45) is 1.15. The maximum atomic E-state index is 11.2. The van der Waals surface area contributed by atoms with Gasteiger partial charge in [-0.15, -0.1) is 11.3 Å². The summed E-state index contributed by atoms with van der Waals surface area (Å²) in [5.74, 6) is -0.0428. The molecule has 1 aromatic rings. The van der Waals surface area contributed by atoms with Crippen LogP contribution in [0.1, 0.15) is 24.3 Å². The molecule has 2 heterocycles. The molecule has 0 aliphatic carbocycles. The normalized spacial score (nSPS) is 19.8. The lowest BCUT2D eigenvalue weighted by atomic mass is 9.94. The largest absolute Gasteiger partial charge is 0.480 e. The molecule has 0 amide bonds. The third-order valence-electron chi connectivity index (χ3n) is 2.97. The van der Waals surface area contributed by atoms with Gasteiger partial charge >= 0.3 is 5.97 Å². The minimum absolute atomic E-state index is 0.423. The van der Waals surface area contributed by atoms with Crippen LogP contribution in [-0.2, 0) is 4.79 Å². The molecule has 0 aromatic carbocycles. The topological polar surface area (TPSA) is 40.5 Å². The molecule has 1 aromatic heterocycles. The lowest BCUT2D eigenvalue weighted by molar-refractivity contribution is -0.146. The van der Waals surface area contributed by atoms with E-state index < -0.39 is 12.0 Å². The summed E-state index contributed by atoms with van der Waals surface area (Å²) in [5.41, 5.74) is 0. The molecule has 4 heteroatoms. The molecular weight excluding hydrogens is 210 g/mol. The zero-order valence-corrected chi connectivity index (χ0v) is 9.54. The van der Waals surface area contributed by atoms with E-state index in [1.54, 1.807) is 0 Å². The van der Waals surface area contributed by atoms with Gasteiger partial charge in [-0.25, -0.2) is 0 Å². The first-order chi connectivity index (χ1) is 7.22. The van der Waals surface area contributed by atoms with Crippen LogP contribution < -0.4 is 0 Å². The highest BCUT2D eigenvalue weighted by molar-refractivity contribution is 7.10. The van der Waals surface area contributed by atoms with Crippen molar-refractivity contribution in [3.05, 3.63) is 22.4 Å². The molecule has 1 aliphatic rings. The molecular formula is C11H15NO2S. The first-order valence-corrected chi connectivity index (χ1v) is 6.10. The van der Waals surface area contributed by atoms with Crippen molar-refractivity contribution in [3.63, 3.8) is 0 Å². The standard InChI is InChI=1S/C11H15NO2S/c1-2-8-6-12(7-8)10(11(13)14)9-4-3-5-15-9/h3-5,8,10H,2,6-7H2,1H3,(H,13,14). The van der Waals surface area contributed by atoms with Crippen LogP contribution in [-0.4, -0.2) is 29.1 Å². The number of carbonyl (C=O) groups is 1. The number of carboxylic acids is 1. The van der Waals surface area contributed by atoms with E-state index in [1.807, 2.05) is 22.4 Å². The minimum atomic E-state index is -0.730. The van der Waals surface area contributed by atoms with E-state index in [1.165, 1.54) is 11.3 Å². The quantitative estimate of drug-likeness (QED) is 0.854. The number of aliphatic carboxylic acids is 1. The van der Waals surface area contributed by atoms with Crippen LogP contribution in [0, 0.1) is 5.92 Å². The van der Waals surface area contributed by atoms with Gasteiger partial charge in [0.2, 0.25) is 0 Å². The van der Waals surface area contributed by atoms with Gasteiger partial charge in [0.15, 0.2) is 0 Å². The molecule has 0 bridgehead atoms. The fourth-order valence-corrected chi connectivity index (χ4v) is 2.83. The molecule has 1 saturated heterocycles. The Labute approximate surface area is 93.3 Å². The van der Waals surface area contributed by atoms with Crippen LogP contribution in [0.2, 0.25) is 0 Å². The van der Waals surface area contributed by atoms with E-state index in [0.717, 1.165) is 24.4 Å². The third kappa shape index (κ3) is 2.06. The Hall–Kier alpha value is -0.870. The lowest BCUT2D eigenvalue weighted by Gasteiger charge is -2.42. The highest BCUT2D eigenvalue weighted by atomic mass is 32.1. The predicted molar refractivity (Wildman–Crippen MR) is 60.0 cm³/mol. The summed E-state index contributed by atoms with van der Waals surface area (Å²) in [7, 11) is 0. The van der Waals surface area contributed by atoms with E-state index in [-0.39, 0.29) is 0 Å². The van der Waals surface area contributed by atoms with Gasteiger partial charge in [0.05, 0.1) is 0 Å². The second-order valence-electron chi connectivity index (χ2n) is 3.98. The maximum absolute atomic E-state index is 11.2. The summed E-state index contributed by atoms with van der Waals surface area (Å²) < 4.78 is 0.